The van der Waals surface area contributed by atoms with Gasteiger partial charge in [0.2, 0.25) is 0 Å². The van der Waals surface area contributed by atoms with E-state index in [-0.39, 0.29) is 17.9 Å². The summed E-state index contributed by atoms with van der Waals surface area (Å²) >= 11 is 3.20. The SMILES string of the molecule is Cc1ccccc1C(=O)NC1CCN(C(=O)c2ccc(Br)o2)CC1. The van der Waals surface area contributed by atoms with Crippen LogP contribution >= 0.6 is 15.9 Å². The number of rotatable bonds is 3. The van der Waals surface area contributed by atoms with Crippen LogP contribution < -0.4 is 5.32 Å². The number of benzene rings is 1. The summed E-state index contributed by atoms with van der Waals surface area (Å²) in [6, 6.07) is 11.0. The summed E-state index contributed by atoms with van der Waals surface area (Å²) in [5.41, 5.74) is 1.67. The van der Waals surface area contributed by atoms with E-state index >= 15 is 0 Å². The molecule has 126 valence electrons. The highest BCUT2D eigenvalue weighted by Gasteiger charge is 2.26. The van der Waals surface area contributed by atoms with E-state index in [0.29, 0.717) is 29.1 Å². The van der Waals surface area contributed by atoms with Gasteiger partial charge < -0.3 is 14.6 Å². The van der Waals surface area contributed by atoms with Crippen LogP contribution in [0.2, 0.25) is 0 Å². The number of hydrogen-bond acceptors (Lipinski definition) is 3. The van der Waals surface area contributed by atoms with Gasteiger partial charge in [-0.25, -0.2) is 0 Å². The normalized spacial score (nSPS) is 15.3. The van der Waals surface area contributed by atoms with E-state index in [9.17, 15) is 9.59 Å². The van der Waals surface area contributed by atoms with Gasteiger partial charge in [-0.3, -0.25) is 9.59 Å². The fraction of sp³-hybridized carbons (Fsp3) is 0.333. The van der Waals surface area contributed by atoms with E-state index in [4.69, 9.17) is 4.42 Å². The third-order valence-corrected chi connectivity index (χ3v) is 4.72. The molecule has 1 N–H and O–H groups in total. The molecule has 24 heavy (non-hydrogen) atoms. The van der Waals surface area contributed by atoms with Gasteiger partial charge in [-0.05, 0) is 59.5 Å². The molecular formula is C18H19BrN2O3. The van der Waals surface area contributed by atoms with E-state index in [1.807, 2.05) is 31.2 Å². The van der Waals surface area contributed by atoms with E-state index < -0.39 is 0 Å². The number of nitrogens with zero attached hydrogens (tertiary/aromatic N) is 1. The first-order chi connectivity index (χ1) is 11.5. The first-order valence-corrected chi connectivity index (χ1v) is 8.75. The lowest BCUT2D eigenvalue weighted by Crippen LogP contribution is -2.46. The molecule has 3 rings (SSSR count). The molecule has 1 aromatic heterocycles. The number of amides is 2. The van der Waals surface area contributed by atoms with Gasteiger partial charge in [0.1, 0.15) is 0 Å². The van der Waals surface area contributed by atoms with Crippen LogP contribution in [0.3, 0.4) is 0 Å². The maximum atomic E-state index is 12.4. The molecule has 0 bridgehead atoms. The van der Waals surface area contributed by atoms with Gasteiger partial charge in [-0.15, -0.1) is 0 Å². The summed E-state index contributed by atoms with van der Waals surface area (Å²) in [6.07, 6.45) is 1.48. The van der Waals surface area contributed by atoms with E-state index in [0.717, 1.165) is 18.4 Å². The lowest BCUT2D eigenvalue weighted by molar-refractivity contribution is 0.0666. The van der Waals surface area contributed by atoms with E-state index in [2.05, 4.69) is 21.2 Å². The zero-order valence-electron chi connectivity index (χ0n) is 13.4. The molecule has 0 radical (unpaired) electrons. The van der Waals surface area contributed by atoms with Crippen LogP contribution in [0.5, 0.6) is 0 Å². The summed E-state index contributed by atoms with van der Waals surface area (Å²) in [7, 11) is 0. The Bertz CT molecular complexity index is 748. The highest BCUT2D eigenvalue weighted by molar-refractivity contribution is 9.10. The summed E-state index contributed by atoms with van der Waals surface area (Å²) < 4.78 is 5.86. The molecular weight excluding hydrogens is 372 g/mol. The van der Waals surface area contributed by atoms with Crippen molar-refractivity contribution in [2.45, 2.75) is 25.8 Å². The van der Waals surface area contributed by atoms with Crippen LogP contribution in [0.1, 0.15) is 39.3 Å². The minimum absolute atomic E-state index is 0.0483. The second-order valence-electron chi connectivity index (χ2n) is 5.96. The van der Waals surface area contributed by atoms with Crippen LogP contribution in [0, 0.1) is 6.92 Å². The van der Waals surface area contributed by atoms with Crippen molar-refractivity contribution < 1.29 is 14.0 Å². The number of aryl methyl sites for hydroxylation is 1. The Balaban J connectivity index is 1.55. The Kier molecular flexibility index (Phi) is 5.04. The fourth-order valence-corrected chi connectivity index (χ4v) is 3.21. The molecule has 5 nitrogen and oxygen atoms in total. The fourth-order valence-electron chi connectivity index (χ4n) is 2.90. The zero-order valence-corrected chi connectivity index (χ0v) is 15.0. The molecule has 0 aliphatic carbocycles. The molecule has 0 saturated carbocycles. The van der Waals surface area contributed by atoms with Crippen molar-refractivity contribution in [2.75, 3.05) is 13.1 Å². The van der Waals surface area contributed by atoms with E-state index in [1.54, 1.807) is 17.0 Å². The second kappa shape index (κ2) is 7.21. The number of carbonyl (C=O) groups is 2. The molecule has 2 amide bonds. The average molecular weight is 391 g/mol. The Morgan fingerprint density at radius 2 is 1.88 bits per heavy atom. The molecule has 1 saturated heterocycles. The Morgan fingerprint density at radius 1 is 1.17 bits per heavy atom. The van der Waals surface area contributed by atoms with Gasteiger partial charge in [0.25, 0.3) is 11.8 Å². The van der Waals surface area contributed by atoms with Crippen molar-refractivity contribution in [2.24, 2.45) is 0 Å². The zero-order chi connectivity index (χ0) is 17.1. The van der Waals surface area contributed by atoms with Gasteiger partial charge in [0.05, 0.1) is 0 Å². The largest absolute Gasteiger partial charge is 0.444 e. The number of piperidine rings is 1. The Hall–Kier alpha value is -2.08. The maximum Gasteiger partial charge on any atom is 0.289 e. The molecule has 2 heterocycles. The minimum Gasteiger partial charge on any atom is -0.444 e. The summed E-state index contributed by atoms with van der Waals surface area (Å²) in [4.78, 5) is 26.5. The monoisotopic (exact) mass is 390 g/mol. The van der Waals surface area contributed by atoms with Crippen LogP contribution in [-0.2, 0) is 0 Å². The van der Waals surface area contributed by atoms with Gasteiger partial charge in [-0.2, -0.15) is 0 Å². The number of likely N-dealkylation sites (tertiary alicyclic amines) is 1. The predicted molar refractivity (Wildman–Crippen MR) is 94.0 cm³/mol. The van der Waals surface area contributed by atoms with Crippen molar-refractivity contribution >= 4 is 27.7 Å². The number of halogens is 1. The maximum absolute atomic E-state index is 12.4. The number of hydrogen-bond donors (Lipinski definition) is 1. The first kappa shape index (κ1) is 16.8. The third kappa shape index (κ3) is 3.70. The highest BCUT2D eigenvalue weighted by Crippen LogP contribution is 2.19. The third-order valence-electron chi connectivity index (χ3n) is 4.29. The van der Waals surface area contributed by atoms with Crippen LogP contribution in [0.15, 0.2) is 45.5 Å². The molecule has 1 fully saturated rings. The highest BCUT2D eigenvalue weighted by atomic mass is 79.9. The lowest BCUT2D eigenvalue weighted by atomic mass is 10.0. The van der Waals surface area contributed by atoms with Crippen molar-refractivity contribution in [3.05, 3.63) is 58.0 Å². The lowest BCUT2D eigenvalue weighted by Gasteiger charge is -2.32. The standard InChI is InChI=1S/C18H19BrN2O3/c1-12-4-2-3-5-14(12)17(22)20-13-8-10-21(11-9-13)18(23)15-6-7-16(19)24-15/h2-7,13H,8-11H2,1H3,(H,20,22). The van der Waals surface area contributed by atoms with Crippen LogP contribution in [0.25, 0.3) is 0 Å². The van der Waals surface area contributed by atoms with Crippen LogP contribution in [-0.4, -0.2) is 35.8 Å². The number of carbonyl (C=O) groups excluding carboxylic acids is 2. The van der Waals surface area contributed by atoms with Gasteiger partial charge in [-0.1, -0.05) is 18.2 Å². The molecule has 0 atom stereocenters. The van der Waals surface area contributed by atoms with E-state index in [1.165, 1.54) is 0 Å². The van der Waals surface area contributed by atoms with Gasteiger partial charge in [0.15, 0.2) is 10.4 Å². The molecule has 1 aliphatic rings. The molecule has 0 spiro atoms. The van der Waals surface area contributed by atoms with Crippen molar-refractivity contribution in [1.29, 1.82) is 0 Å². The van der Waals surface area contributed by atoms with Crippen LogP contribution in [0.4, 0.5) is 0 Å². The van der Waals surface area contributed by atoms with Gasteiger partial charge in [0, 0.05) is 24.7 Å². The molecule has 0 unspecified atom stereocenters. The number of nitrogens with one attached hydrogen (secondary N) is 1. The Morgan fingerprint density at radius 3 is 2.50 bits per heavy atom. The van der Waals surface area contributed by atoms with Crippen molar-refractivity contribution in [1.82, 2.24) is 10.2 Å². The molecule has 1 aromatic carbocycles. The molecule has 6 heteroatoms. The average Bonchev–Trinajstić information content (AvgIpc) is 3.02. The smallest absolute Gasteiger partial charge is 0.289 e. The Labute approximate surface area is 149 Å². The molecule has 2 aromatic rings. The second-order valence-corrected chi connectivity index (χ2v) is 6.74. The molecule has 1 aliphatic heterocycles. The quantitative estimate of drug-likeness (QED) is 0.873. The predicted octanol–water partition coefficient (Wildman–Crippen LogP) is 3.39. The minimum atomic E-state index is -0.107. The summed E-state index contributed by atoms with van der Waals surface area (Å²) in [6.45, 7) is 3.14. The topological polar surface area (TPSA) is 62.6 Å². The summed E-state index contributed by atoms with van der Waals surface area (Å²) in [5, 5.41) is 3.07. The van der Waals surface area contributed by atoms with Crippen molar-refractivity contribution in [3.8, 4) is 0 Å². The summed E-state index contributed by atoms with van der Waals surface area (Å²) in [5.74, 6) is 0.182. The van der Waals surface area contributed by atoms with Crippen molar-refractivity contribution in [3.63, 3.8) is 0 Å². The van der Waals surface area contributed by atoms with Gasteiger partial charge >= 0.3 is 0 Å². The number of furan rings is 1. The first-order valence-electron chi connectivity index (χ1n) is 7.95.